The van der Waals surface area contributed by atoms with Crippen LogP contribution in [0, 0.1) is 5.82 Å². The molecular weight excluding hydrogens is 205 g/mol. The molecule has 0 saturated carbocycles. The first-order valence-corrected chi connectivity index (χ1v) is 4.88. The van der Waals surface area contributed by atoms with E-state index >= 15 is 0 Å². The van der Waals surface area contributed by atoms with E-state index in [4.69, 9.17) is 0 Å². The second-order valence-corrected chi connectivity index (χ2v) is 3.44. The van der Waals surface area contributed by atoms with E-state index in [2.05, 4.69) is 9.97 Å². The van der Waals surface area contributed by atoms with E-state index in [0.717, 1.165) is 10.9 Å². The molecule has 0 fully saturated rings. The predicted octanol–water partition coefficient (Wildman–Crippen LogP) is 2.56. The first-order chi connectivity index (χ1) is 7.84. The van der Waals surface area contributed by atoms with Crippen LogP contribution >= 0.6 is 0 Å². The number of hydrogen-bond donors (Lipinski definition) is 0. The highest BCUT2D eigenvalue weighted by Gasteiger charge is 2.05. The monoisotopic (exact) mass is 213 g/mol. The average molecular weight is 213 g/mol. The van der Waals surface area contributed by atoms with Gasteiger partial charge in [-0.3, -0.25) is 4.57 Å². The minimum atomic E-state index is -0.237. The summed E-state index contributed by atoms with van der Waals surface area (Å²) < 4.78 is 14.8. The van der Waals surface area contributed by atoms with Gasteiger partial charge in [-0.1, -0.05) is 0 Å². The first kappa shape index (κ1) is 9.03. The quantitative estimate of drug-likeness (QED) is 0.622. The summed E-state index contributed by atoms with van der Waals surface area (Å²) in [5.74, 6) is 0.350. The minimum Gasteiger partial charge on any atom is -0.285 e. The van der Waals surface area contributed by atoms with Gasteiger partial charge in [-0.2, -0.15) is 0 Å². The van der Waals surface area contributed by atoms with Crippen LogP contribution in [0.4, 0.5) is 4.39 Å². The van der Waals surface area contributed by atoms with E-state index in [1.165, 1.54) is 12.1 Å². The maximum Gasteiger partial charge on any atom is 0.234 e. The van der Waals surface area contributed by atoms with Crippen molar-refractivity contribution in [1.29, 1.82) is 0 Å². The van der Waals surface area contributed by atoms with Crippen molar-refractivity contribution in [2.45, 2.75) is 0 Å². The van der Waals surface area contributed by atoms with Crippen LogP contribution in [-0.2, 0) is 0 Å². The highest BCUT2D eigenvalue weighted by Crippen LogP contribution is 2.19. The van der Waals surface area contributed by atoms with Gasteiger partial charge in [-0.15, -0.1) is 0 Å². The zero-order valence-electron chi connectivity index (χ0n) is 8.34. The topological polar surface area (TPSA) is 30.7 Å². The summed E-state index contributed by atoms with van der Waals surface area (Å²) >= 11 is 0. The molecule has 0 radical (unpaired) electrons. The molecule has 0 aliphatic carbocycles. The lowest BCUT2D eigenvalue weighted by molar-refractivity contribution is 0.629. The zero-order valence-corrected chi connectivity index (χ0v) is 8.34. The Bertz CT molecular complexity index is 631. The highest BCUT2D eigenvalue weighted by atomic mass is 19.1. The first-order valence-electron chi connectivity index (χ1n) is 4.88. The van der Waals surface area contributed by atoms with Crippen LogP contribution in [0.15, 0.2) is 48.9 Å². The number of nitrogens with zero attached hydrogens (tertiary/aromatic N) is 3. The second kappa shape index (κ2) is 3.41. The SMILES string of the molecule is Fc1ccc2c(ccn2-c2ncccn2)c1. The Balaban J connectivity index is 2.26. The smallest absolute Gasteiger partial charge is 0.234 e. The Kier molecular flexibility index (Phi) is 1.93. The molecule has 4 heteroatoms. The summed E-state index contributed by atoms with van der Waals surface area (Å²) in [6.07, 6.45) is 5.19. The molecule has 2 heterocycles. The maximum absolute atomic E-state index is 13.0. The van der Waals surface area contributed by atoms with Crippen molar-refractivity contribution in [2.75, 3.05) is 0 Å². The lowest BCUT2D eigenvalue weighted by atomic mass is 10.2. The van der Waals surface area contributed by atoms with E-state index in [0.29, 0.717) is 5.95 Å². The summed E-state index contributed by atoms with van der Waals surface area (Å²) in [6.45, 7) is 0. The van der Waals surface area contributed by atoms with E-state index in [1.54, 1.807) is 24.5 Å². The molecular formula is C12H8FN3. The van der Waals surface area contributed by atoms with Gasteiger partial charge in [0.15, 0.2) is 0 Å². The summed E-state index contributed by atoms with van der Waals surface area (Å²) in [7, 11) is 0. The fourth-order valence-electron chi connectivity index (χ4n) is 1.70. The molecule has 1 aromatic carbocycles. The lowest BCUT2D eigenvalue weighted by Gasteiger charge is -2.01. The average Bonchev–Trinajstić information content (AvgIpc) is 2.73. The minimum absolute atomic E-state index is 0.237. The fourth-order valence-corrected chi connectivity index (χ4v) is 1.70. The predicted molar refractivity (Wildman–Crippen MR) is 58.8 cm³/mol. The van der Waals surface area contributed by atoms with Crippen LogP contribution in [0.5, 0.6) is 0 Å². The third kappa shape index (κ3) is 1.35. The number of halogens is 1. The second-order valence-electron chi connectivity index (χ2n) is 3.44. The molecule has 0 unspecified atom stereocenters. The Hall–Kier alpha value is -2.23. The van der Waals surface area contributed by atoms with Gasteiger partial charge in [0.1, 0.15) is 5.82 Å². The number of hydrogen-bond acceptors (Lipinski definition) is 2. The van der Waals surface area contributed by atoms with Crippen molar-refractivity contribution in [3.8, 4) is 5.95 Å². The van der Waals surface area contributed by atoms with Gasteiger partial charge in [0.25, 0.3) is 0 Å². The molecule has 0 atom stereocenters. The Morgan fingerprint density at radius 3 is 2.69 bits per heavy atom. The van der Waals surface area contributed by atoms with E-state index < -0.39 is 0 Å². The molecule has 0 spiro atoms. The molecule has 3 aromatic rings. The Morgan fingerprint density at radius 2 is 1.88 bits per heavy atom. The summed E-state index contributed by atoms with van der Waals surface area (Å²) in [6, 6.07) is 8.25. The van der Waals surface area contributed by atoms with Gasteiger partial charge in [0.05, 0.1) is 5.52 Å². The van der Waals surface area contributed by atoms with Gasteiger partial charge in [0, 0.05) is 24.0 Å². The maximum atomic E-state index is 13.0. The standard InChI is InChI=1S/C12H8FN3/c13-10-2-3-11-9(8-10)4-7-16(11)12-14-5-1-6-15-12/h1-8H. The van der Waals surface area contributed by atoms with Crippen molar-refractivity contribution < 1.29 is 4.39 Å². The number of fused-ring (bicyclic) bond motifs is 1. The van der Waals surface area contributed by atoms with Crippen LogP contribution in [0.1, 0.15) is 0 Å². The van der Waals surface area contributed by atoms with Gasteiger partial charge in [0.2, 0.25) is 5.95 Å². The molecule has 0 aliphatic heterocycles. The van der Waals surface area contributed by atoms with Crippen molar-refractivity contribution in [1.82, 2.24) is 14.5 Å². The number of aromatic nitrogens is 3. The van der Waals surface area contributed by atoms with Crippen molar-refractivity contribution in [3.05, 3.63) is 54.7 Å². The third-order valence-corrected chi connectivity index (χ3v) is 2.42. The van der Waals surface area contributed by atoms with Gasteiger partial charge in [-0.25, -0.2) is 14.4 Å². The Labute approximate surface area is 91.2 Å². The number of benzene rings is 1. The van der Waals surface area contributed by atoms with Gasteiger partial charge < -0.3 is 0 Å². The van der Waals surface area contributed by atoms with Crippen LogP contribution in [-0.4, -0.2) is 14.5 Å². The molecule has 0 N–H and O–H groups in total. The molecule has 0 saturated heterocycles. The third-order valence-electron chi connectivity index (χ3n) is 2.42. The Morgan fingerprint density at radius 1 is 1.06 bits per heavy atom. The summed E-state index contributed by atoms with van der Waals surface area (Å²) in [4.78, 5) is 8.30. The molecule has 2 aromatic heterocycles. The summed E-state index contributed by atoms with van der Waals surface area (Å²) in [5.41, 5.74) is 0.896. The fraction of sp³-hybridized carbons (Fsp3) is 0. The van der Waals surface area contributed by atoms with Gasteiger partial charge in [-0.05, 0) is 30.3 Å². The molecule has 16 heavy (non-hydrogen) atoms. The van der Waals surface area contributed by atoms with Crippen LogP contribution in [0.3, 0.4) is 0 Å². The number of rotatable bonds is 1. The van der Waals surface area contributed by atoms with E-state index in [1.807, 2.05) is 16.8 Å². The van der Waals surface area contributed by atoms with E-state index in [-0.39, 0.29) is 5.82 Å². The van der Waals surface area contributed by atoms with Crippen LogP contribution in [0.2, 0.25) is 0 Å². The lowest BCUT2D eigenvalue weighted by Crippen LogP contribution is -1.97. The zero-order chi connectivity index (χ0) is 11.0. The van der Waals surface area contributed by atoms with Crippen molar-refractivity contribution >= 4 is 10.9 Å². The molecule has 0 amide bonds. The van der Waals surface area contributed by atoms with Crippen molar-refractivity contribution in [2.24, 2.45) is 0 Å². The van der Waals surface area contributed by atoms with E-state index in [9.17, 15) is 4.39 Å². The van der Waals surface area contributed by atoms with Gasteiger partial charge >= 0.3 is 0 Å². The van der Waals surface area contributed by atoms with Crippen molar-refractivity contribution in [3.63, 3.8) is 0 Å². The summed E-state index contributed by atoms with van der Waals surface area (Å²) in [5, 5.41) is 0.840. The van der Waals surface area contributed by atoms with Crippen LogP contribution < -0.4 is 0 Å². The molecule has 78 valence electrons. The normalized spacial score (nSPS) is 10.8. The molecule has 0 aliphatic rings. The largest absolute Gasteiger partial charge is 0.285 e. The molecule has 3 nitrogen and oxygen atoms in total. The highest BCUT2D eigenvalue weighted by molar-refractivity contribution is 5.81. The molecule has 3 rings (SSSR count). The van der Waals surface area contributed by atoms with Crippen LogP contribution in [0.25, 0.3) is 16.9 Å². The molecule has 0 bridgehead atoms.